The molecular formula is C12H12FN3O. The molecule has 2 N–H and O–H groups in total. The first-order chi connectivity index (χ1) is 8.04. The highest BCUT2D eigenvalue weighted by atomic mass is 19.1. The van der Waals surface area contributed by atoms with Crippen LogP contribution >= 0.6 is 0 Å². The standard InChI is InChI=1S/C12H12FN3O/c1-7-5-8(2)16-12(15-7)17-9-3-4-11(14)10(13)6-9/h3-6H,14H2,1-2H3. The normalized spacial score (nSPS) is 10.3. The number of nitrogens with two attached hydrogens (primary N) is 1. The molecule has 0 spiro atoms. The fraction of sp³-hybridized carbons (Fsp3) is 0.167. The van der Waals surface area contributed by atoms with E-state index in [0.29, 0.717) is 5.75 Å². The van der Waals surface area contributed by atoms with Crippen LogP contribution in [0.1, 0.15) is 11.4 Å². The Morgan fingerprint density at radius 1 is 1.12 bits per heavy atom. The second-order valence-electron chi connectivity index (χ2n) is 3.72. The van der Waals surface area contributed by atoms with Crippen molar-refractivity contribution in [3.8, 4) is 11.8 Å². The van der Waals surface area contributed by atoms with E-state index in [9.17, 15) is 4.39 Å². The van der Waals surface area contributed by atoms with Gasteiger partial charge in [0.2, 0.25) is 0 Å². The molecule has 1 aromatic heterocycles. The Labute approximate surface area is 98.3 Å². The SMILES string of the molecule is Cc1cc(C)nc(Oc2ccc(N)c(F)c2)n1. The van der Waals surface area contributed by atoms with E-state index < -0.39 is 5.82 Å². The van der Waals surface area contributed by atoms with Gasteiger partial charge in [-0.1, -0.05) is 0 Å². The predicted molar refractivity (Wildman–Crippen MR) is 62.4 cm³/mol. The lowest BCUT2D eigenvalue weighted by Crippen LogP contribution is -1.97. The van der Waals surface area contributed by atoms with Crippen molar-refractivity contribution >= 4 is 5.69 Å². The first kappa shape index (κ1) is 11.3. The minimum Gasteiger partial charge on any atom is -0.424 e. The first-order valence-corrected chi connectivity index (χ1v) is 5.10. The second kappa shape index (κ2) is 4.37. The molecule has 0 saturated carbocycles. The molecule has 0 aliphatic heterocycles. The van der Waals surface area contributed by atoms with Crippen molar-refractivity contribution in [1.82, 2.24) is 9.97 Å². The predicted octanol–water partition coefficient (Wildman–Crippen LogP) is 2.61. The first-order valence-electron chi connectivity index (χ1n) is 5.10. The lowest BCUT2D eigenvalue weighted by atomic mass is 10.3. The fourth-order valence-electron chi connectivity index (χ4n) is 1.42. The van der Waals surface area contributed by atoms with Gasteiger partial charge in [0.25, 0.3) is 0 Å². The van der Waals surface area contributed by atoms with Gasteiger partial charge in [0.15, 0.2) is 0 Å². The molecule has 0 radical (unpaired) electrons. The van der Waals surface area contributed by atoms with Crippen molar-refractivity contribution in [2.45, 2.75) is 13.8 Å². The molecule has 2 rings (SSSR count). The number of aryl methyl sites for hydroxylation is 2. The van der Waals surface area contributed by atoms with Crippen LogP contribution in [0.25, 0.3) is 0 Å². The monoisotopic (exact) mass is 233 g/mol. The van der Waals surface area contributed by atoms with E-state index in [1.54, 1.807) is 6.07 Å². The Morgan fingerprint density at radius 2 is 1.76 bits per heavy atom. The van der Waals surface area contributed by atoms with Gasteiger partial charge in [-0.05, 0) is 32.0 Å². The summed E-state index contributed by atoms with van der Waals surface area (Å²) in [4.78, 5) is 8.19. The average molecular weight is 233 g/mol. The second-order valence-corrected chi connectivity index (χ2v) is 3.72. The van der Waals surface area contributed by atoms with Gasteiger partial charge in [0.05, 0.1) is 5.69 Å². The number of aromatic nitrogens is 2. The fourth-order valence-corrected chi connectivity index (χ4v) is 1.42. The number of hydrogen-bond acceptors (Lipinski definition) is 4. The van der Waals surface area contributed by atoms with Gasteiger partial charge < -0.3 is 10.5 Å². The molecule has 0 fully saturated rings. The van der Waals surface area contributed by atoms with Crippen LogP contribution in [-0.2, 0) is 0 Å². The average Bonchev–Trinajstić information content (AvgIpc) is 2.22. The Kier molecular flexibility index (Phi) is 2.91. The molecule has 4 nitrogen and oxygen atoms in total. The molecule has 0 atom stereocenters. The smallest absolute Gasteiger partial charge is 0.322 e. The Hall–Kier alpha value is -2.17. The molecule has 5 heteroatoms. The summed E-state index contributed by atoms with van der Waals surface area (Å²) < 4.78 is 18.6. The zero-order valence-electron chi connectivity index (χ0n) is 9.57. The third-order valence-electron chi connectivity index (χ3n) is 2.14. The number of benzene rings is 1. The summed E-state index contributed by atoms with van der Waals surface area (Å²) in [5, 5.41) is 0. The van der Waals surface area contributed by atoms with E-state index in [-0.39, 0.29) is 11.7 Å². The maximum atomic E-state index is 13.2. The summed E-state index contributed by atoms with van der Waals surface area (Å²) in [5.41, 5.74) is 7.04. The molecule has 0 unspecified atom stereocenters. The lowest BCUT2D eigenvalue weighted by molar-refractivity contribution is 0.435. The number of halogens is 1. The van der Waals surface area contributed by atoms with Crippen molar-refractivity contribution < 1.29 is 9.13 Å². The molecule has 0 saturated heterocycles. The number of nitrogen functional groups attached to an aromatic ring is 1. The molecule has 2 aromatic rings. The third-order valence-corrected chi connectivity index (χ3v) is 2.14. The van der Waals surface area contributed by atoms with Crippen LogP contribution in [0.15, 0.2) is 24.3 Å². The van der Waals surface area contributed by atoms with Crippen LogP contribution < -0.4 is 10.5 Å². The minimum absolute atomic E-state index is 0.0821. The van der Waals surface area contributed by atoms with Gasteiger partial charge in [0.1, 0.15) is 11.6 Å². The van der Waals surface area contributed by atoms with Crippen molar-refractivity contribution in [1.29, 1.82) is 0 Å². The number of hydrogen-bond donors (Lipinski definition) is 1. The van der Waals surface area contributed by atoms with Crippen molar-refractivity contribution in [2.75, 3.05) is 5.73 Å². The maximum absolute atomic E-state index is 13.2. The highest BCUT2D eigenvalue weighted by Gasteiger charge is 2.05. The molecule has 0 amide bonds. The maximum Gasteiger partial charge on any atom is 0.322 e. The van der Waals surface area contributed by atoms with Crippen LogP contribution in [0, 0.1) is 19.7 Å². The molecule has 0 aliphatic rings. The Morgan fingerprint density at radius 3 is 2.35 bits per heavy atom. The van der Waals surface area contributed by atoms with Gasteiger partial charge in [-0.3, -0.25) is 0 Å². The van der Waals surface area contributed by atoms with Crippen LogP contribution in [0.5, 0.6) is 11.8 Å². The highest BCUT2D eigenvalue weighted by molar-refractivity contribution is 5.44. The minimum atomic E-state index is -0.521. The third kappa shape index (κ3) is 2.69. The van der Waals surface area contributed by atoms with Gasteiger partial charge >= 0.3 is 6.01 Å². The molecule has 1 aromatic carbocycles. The zero-order valence-corrected chi connectivity index (χ0v) is 9.57. The van der Waals surface area contributed by atoms with E-state index in [0.717, 1.165) is 11.4 Å². The summed E-state index contributed by atoms with van der Waals surface area (Å²) >= 11 is 0. The Balaban J connectivity index is 2.28. The van der Waals surface area contributed by atoms with E-state index in [1.807, 2.05) is 19.9 Å². The van der Waals surface area contributed by atoms with Crippen LogP contribution in [0.4, 0.5) is 10.1 Å². The van der Waals surface area contributed by atoms with Crippen molar-refractivity contribution in [3.05, 3.63) is 41.5 Å². The van der Waals surface area contributed by atoms with Gasteiger partial charge in [0, 0.05) is 17.5 Å². The molecule has 0 aliphatic carbocycles. The van der Waals surface area contributed by atoms with Crippen LogP contribution in [-0.4, -0.2) is 9.97 Å². The van der Waals surface area contributed by atoms with Gasteiger partial charge in [-0.15, -0.1) is 0 Å². The van der Waals surface area contributed by atoms with Crippen LogP contribution in [0.3, 0.4) is 0 Å². The summed E-state index contributed by atoms with van der Waals surface area (Å²) in [6.45, 7) is 3.68. The number of rotatable bonds is 2. The quantitative estimate of drug-likeness (QED) is 0.810. The summed E-state index contributed by atoms with van der Waals surface area (Å²) in [5.74, 6) is -0.200. The van der Waals surface area contributed by atoms with Crippen LogP contribution in [0.2, 0.25) is 0 Å². The van der Waals surface area contributed by atoms with Crippen molar-refractivity contribution in [3.63, 3.8) is 0 Å². The highest BCUT2D eigenvalue weighted by Crippen LogP contribution is 2.22. The largest absolute Gasteiger partial charge is 0.424 e. The summed E-state index contributed by atoms with van der Waals surface area (Å²) in [6, 6.07) is 6.24. The van der Waals surface area contributed by atoms with Gasteiger partial charge in [-0.2, -0.15) is 0 Å². The summed E-state index contributed by atoms with van der Waals surface area (Å²) in [6.07, 6.45) is 0. The Bertz CT molecular complexity index is 537. The molecule has 1 heterocycles. The summed E-state index contributed by atoms with van der Waals surface area (Å²) in [7, 11) is 0. The lowest BCUT2D eigenvalue weighted by Gasteiger charge is -2.06. The molecule has 0 bridgehead atoms. The topological polar surface area (TPSA) is 61.0 Å². The van der Waals surface area contributed by atoms with Gasteiger partial charge in [-0.25, -0.2) is 14.4 Å². The number of nitrogens with zero attached hydrogens (tertiary/aromatic N) is 2. The zero-order chi connectivity index (χ0) is 12.4. The van der Waals surface area contributed by atoms with E-state index in [1.165, 1.54) is 12.1 Å². The van der Waals surface area contributed by atoms with Crippen molar-refractivity contribution in [2.24, 2.45) is 0 Å². The van der Waals surface area contributed by atoms with E-state index >= 15 is 0 Å². The molecular weight excluding hydrogens is 221 g/mol. The number of anilines is 1. The number of ether oxygens (including phenoxy) is 1. The molecule has 88 valence electrons. The molecule has 17 heavy (non-hydrogen) atoms. The van der Waals surface area contributed by atoms with E-state index in [2.05, 4.69) is 9.97 Å². The van der Waals surface area contributed by atoms with E-state index in [4.69, 9.17) is 10.5 Å².